The number of anilines is 1. The third kappa shape index (κ3) is 3.77. The van der Waals surface area contributed by atoms with Crippen LogP contribution in [0.15, 0.2) is 29.4 Å². The molecule has 2 rings (SSSR count). The number of benzene rings is 1. The number of H-pyrrole nitrogens is 1. The van der Waals surface area contributed by atoms with Gasteiger partial charge in [0, 0.05) is 25.7 Å². The molecule has 2 aromatic rings. The summed E-state index contributed by atoms with van der Waals surface area (Å²) in [6, 6.07) is 7.93. The molecule has 0 aliphatic rings. The molecule has 0 aliphatic heterocycles. The van der Waals surface area contributed by atoms with Crippen molar-refractivity contribution in [3.8, 4) is 0 Å². The van der Waals surface area contributed by atoms with Crippen LogP contribution in [0.5, 0.6) is 0 Å². The van der Waals surface area contributed by atoms with E-state index in [-0.39, 0.29) is 6.61 Å². The molecule has 0 saturated heterocycles. The van der Waals surface area contributed by atoms with Gasteiger partial charge in [0.25, 0.3) is 0 Å². The third-order valence-corrected chi connectivity index (χ3v) is 3.39. The van der Waals surface area contributed by atoms with Crippen molar-refractivity contribution in [2.75, 3.05) is 25.1 Å². The Hall–Kier alpha value is -1.99. The second-order valence-electron chi connectivity index (χ2n) is 4.59. The van der Waals surface area contributed by atoms with Crippen LogP contribution in [-0.4, -0.2) is 46.4 Å². The van der Waals surface area contributed by atoms with Crippen molar-refractivity contribution in [2.45, 2.75) is 13.3 Å². The SMILES string of the molecule is CCc1n[nH]c(=S)n1/N=C/c1ccc(N(C)CCO)cc1. The highest BCUT2D eigenvalue weighted by Gasteiger charge is 2.02. The van der Waals surface area contributed by atoms with E-state index in [0.29, 0.717) is 11.3 Å². The molecule has 0 saturated carbocycles. The molecule has 21 heavy (non-hydrogen) atoms. The zero-order chi connectivity index (χ0) is 15.2. The van der Waals surface area contributed by atoms with Crippen LogP contribution in [0.2, 0.25) is 0 Å². The van der Waals surface area contributed by atoms with E-state index >= 15 is 0 Å². The molecule has 0 amide bonds. The summed E-state index contributed by atoms with van der Waals surface area (Å²) in [6.07, 6.45) is 2.51. The summed E-state index contributed by atoms with van der Waals surface area (Å²) >= 11 is 5.14. The summed E-state index contributed by atoms with van der Waals surface area (Å²) in [6.45, 7) is 2.75. The number of likely N-dealkylation sites (N-methyl/N-ethyl adjacent to an activating group) is 1. The van der Waals surface area contributed by atoms with Crippen LogP contribution in [0.4, 0.5) is 5.69 Å². The van der Waals surface area contributed by atoms with Gasteiger partial charge in [-0.25, -0.2) is 0 Å². The van der Waals surface area contributed by atoms with Gasteiger partial charge in [0.1, 0.15) is 0 Å². The molecule has 0 bridgehead atoms. The summed E-state index contributed by atoms with van der Waals surface area (Å²) in [5.74, 6) is 0.801. The fourth-order valence-electron chi connectivity index (χ4n) is 1.89. The quantitative estimate of drug-likeness (QED) is 0.631. The second-order valence-corrected chi connectivity index (χ2v) is 4.98. The lowest BCUT2D eigenvalue weighted by Crippen LogP contribution is -2.20. The number of hydrogen-bond donors (Lipinski definition) is 2. The number of aromatic amines is 1. The molecule has 1 aromatic heterocycles. The zero-order valence-corrected chi connectivity index (χ0v) is 13.0. The average molecular weight is 305 g/mol. The van der Waals surface area contributed by atoms with Crippen molar-refractivity contribution in [1.82, 2.24) is 14.9 Å². The molecule has 0 atom stereocenters. The van der Waals surface area contributed by atoms with Gasteiger partial charge in [0.15, 0.2) is 5.82 Å². The minimum Gasteiger partial charge on any atom is -0.395 e. The van der Waals surface area contributed by atoms with Gasteiger partial charge >= 0.3 is 0 Å². The third-order valence-electron chi connectivity index (χ3n) is 3.13. The summed E-state index contributed by atoms with van der Waals surface area (Å²) < 4.78 is 2.11. The molecule has 6 nitrogen and oxygen atoms in total. The molecule has 0 spiro atoms. The van der Waals surface area contributed by atoms with E-state index in [9.17, 15) is 0 Å². The first kappa shape index (κ1) is 15.4. The number of rotatable bonds is 6. The Labute approximate surface area is 128 Å². The van der Waals surface area contributed by atoms with Crippen molar-refractivity contribution < 1.29 is 5.11 Å². The van der Waals surface area contributed by atoms with Crippen LogP contribution in [0.25, 0.3) is 0 Å². The minimum atomic E-state index is 0.137. The number of nitrogens with zero attached hydrogens (tertiary/aromatic N) is 4. The maximum Gasteiger partial charge on any atom is 0.216 e. The Balaban J connectivity index is 2.15. The van der Waals surface area contributed by atoms with Gasteiger partial charge < -0.3 is 10.0 Å². The first-order valence-corrected chi connectivity index (χ1v) is 7.19. The zero-order valence-electron chi connectivity index (χ0n) is 12.2. The highest BCUT2D eigenvalue weighted by atomic mass is 32.1. The molecule has 0 fully saturated rings. The van der Waals surface area contributed by atoms with Crippen LogP contribution in [-0.2, 0) is 6.42 Å². The summed E-state index contributed by atoms with van der Waals surface area (Å²) in [7, 11) is 1.94. The van der Waals surface area contributed by atoms with Crippen molar-refractivity contribution in [3.63, 3.8) is 0 Å². The normalized spacial score (nSPS) is 11.2. The summed E-state index contributed by atoms with van der Waals surface area (Å²) in [4.78, 5) is 1.99. The van der Waals surface area contributed by atoms with Crippen molar-refractivity contribution in [1.29, 1.82) is 0 Å². The van der Waals surface area contributed by atoms with Gasteiger partial charge in [-0.2, -0.15) is 14.9 Å². The molecule has 0 radical (unpaired) electrons. The molecule has 112 valence electrons. The first-order valence-electron chi connectivity index (χ1n) is 6.78. The molecule has 0 unspecified atom stereocenters. The number of aliphatic hydroxyl groups excluding tert-OH is 1. The van der Waals surface area contributed by atoms with E-state index in [2.05, 4.69) is 15.3 Å². The molecule has 7 heteroatoms. The van der Waals surface area contributed by atoms with E-state index in [0.717, 1.165) is 23.5 Å². The molecule has 1 aromatic carbocycles. The van der Waals surface area contributed by atoms with Gasteiger partial charge in [0.2, 0.25) is 4.77 Å². The van der Waals surface area contributed by atoms with E-state index in [1.54, 1.807) is 10.9 Å². The Morgan fingerprint density at radius 3 is 2.76 bits per heavy atom. The van der Waals surface area contributed by atoms with Crippen LogP contribution < -0.4 is 4.90 Å². The maximum absolute atomic E-state index is 8.93. The standard InChI is InChI=1S/C14H19N5OS/c1-3-13-16-17-14(21)19(13)15-10-11-4-6-12(7-5-11)18(2)8-9-20/h4-7,10,20H,3,8-9H2,1-2H3,(H,17,21)/b15-10+. The molecular formula is C14H19N5OS. The number of aryl methyl sites for hydroxylation is 1. The van der Waals surface area contributed by atoms with Crippen LogP contribution in [0, 0.1) is 4.77 Å². The lowest BCUT2D eigenvalue weighted by Gasteiger charge is -2.17. The van der Waals surface area contributed by atoms with Crippen molar-refractivity contribution >= 4 is 24.1 Å². The smallest absolute Gasteiger partial charge is 0.216 e. The van der Waals surface area contributed by atoms with Crippen LogP contribution in [0.1, 0.15) is 18.3 Å². The van der Waals surface area contributed by atoms with Gasteiger partial charge in [-0.1, -0.05) is 19.1 Å². The number of hydrogen-bond acceptors (Lipinski definition) is 5. The van der Waals surface area contributed by atoms with E-state index in [1.165, 1.54) is 0 Å². The molecule has 1 heterocycles. The largest absolute Gasteiger partial charge is 0.395 e. The Kier molecular flexibility index (Phi) is 5.24. The second kappa shape index (κ2) is 7.14. The Morgan fingerprint density at radius 1 is 1.43 bits per heavy atom. The van der Waals surface area contributed by atoms with Crippen LogP contribution >= 0.6 is 12.2 Å². The molecule has 0 aliphatic carbocycles. The van der Waals surface area contributed by atoms with Gasteiger partial charge in [-0.15, -0.1) is 0 Å². The summed E-state index contributed by atoms with van der Waals surface area (Å²) in [5.41, 5.74) is 2.02. The first-order chi connectivity index (χ1) is 10.2. The van der Waals surface area contributed by atoms with Gasteiger partial charge in [-0.05, 0) is 29.9 Å². The fraction of sp³-hybridized carbons (Fsp3) is 0.357. The van der Waals surface area contributed by atoms with Crippen molar-refractivity contribution in [3.05, 3.63) is 40.4 Å². The van der Waals surface area contributed by atoms with Gasteiger partial charge in [-0.3, -0.25) is 5.10 Å². The highest BCUT2D eigenvalue weighted by Crippen LogP contribution is 2.12. The molecular weight excluding hydrogens is 286 g/mol. The lowest BCUT2D eigenvalue weighted by molar-refractivity contribution is 0.304. The molecule has 2 N–H and O–H groups in total. The maximum atomic E-state index is 8.93. The predicted octanol–water partition coefficient (Wildman–Crippen LogP) is 1.81. The fourth-order valence-corrected chi connectivity index (χ4v) is 2.09. The summed E-state index contributed by atoms with van der Waals surface area (Å²) in [5, 5.41) is 20.1. The minimum absolute atomic E-state index is 0.137. The Morgan fingerprint density at radius 2 is 2.14 bits per heavy atom. The highest BCUT2D eigenvalue weighted by molar-refractivity contribution is 7.71. The number of aromatic nitrogens is 3. The topological polar surface area (TPSA) is 69.4 Å². The van der Waals surface area contributed by atoms with Gasteiger partial charge in [0.05, 0.1) is 12.8 Å². The van der Waals surface area contributed by atoms with E-state index in [4.69, 9.17) is 17.3 Å². The predicted molar refractivity (Wildman–Crippen MR) is 86.6 cm³/mol. The van der Waals surface area contributed by atoms with Crippen molar-refractivity contribution in [2.24, 2.45) is 5.10 Å². The van der Waals surface area contributed by atoms with E-state index in [1.807, 2.05) is 43.1 Å². The van der Waals surface area contributed by atoms with Crippen LogP contribution in [0.3, 0.4) is 0 Å². The average Bonchev–Trinajstić information content (AvgIpc) is 2.86. The Bertz CT molecular complexity index is 659. The lowest BCUT2D eigenvalue weighted by atomic mass is 10.2. The van der Waals surface area contributed by atoms with E-state index < -0.39 is 0 Å². The number of aliphatic hydroxyl groups is 1. The number of nitrogens with one attached hydrogen (secondary N) is 1. The monoisotopic (exact) mass is 305 g/mol.